The van der Waals surface area contributed by atoms with Gasteiger partial charge in [0.1, 0.15) is 5.82 Å². The lowest BCUT2D eigenvalue weighted by Crippen LogP contribution is -2.38. The standard InChI is InChI=1S/C15H19BrFNO2/c1-2-20-15(19)12-4-3-7-18(10-12)9-11-5-6-14(17)13(16)8-11/h5-6,8,12H,2-4,7,9-10H2,1H3. The first-order chi connectivity index (χ1) is 9.60. The average Bonchev–Trinajstić information content (AvgIpc) is 2.43. The van der Waals surface area contributed by atoms with Crippen LogP contribution in [-0.2, 0) is 16.1 Å². The third-order valence-corrected chi connectivity index (χ3v) is 4.12. The van der Waals surface area contributed by atoms with Crippen LogP contribution >= 0.6 is 15.9 Å². The zero-order valence-electron chi connectivity index (χ0n) is 11.6. The zero-order valence-corrected chi connectivity index (χ0v) is 13.2. The van der Waals surface area contributed by atoms with Crippen LogP contribution in [0.5, 0.6) is 0 Å². The van der Waals surface area contributed by atoms with Gasteiger partial charge in [0.25, 0.3) is 0 Å². The van der Waals surface area contributed by atoms with E-state index in [1.807, 2.05) is 6.92 Å². The highest BCUT2D eigenvalue weighted by molar-refractivity contribution is 9.10. The van der Waals surface area contributed by atoms with Crippen molar-refractivity contribution in [2.75, 3.05) is 19.7 Å². The van der Waals surface area contributed by atoms with Gasteiger partial charge in [-0.1, -0.05) is 6.07 Å². The van der Waals surface area contributed by atoms with Crippen molar-refractivity contribution in [2.24, 2.45) is 5.92 Å². The Morgan fingerprint density at radius 2 is 2.35 bits per heavy atom. The number of hydrogen-bond acceptors (Lipinski definition) is 3. The Morgan fingerprint density at radius 1 is 1.55 bits per heavy atom. The maximum absolute atomic E-state index is 13.2. The van der Waals surface area contributed by atoms with Crippen LogP contribution in [0.4, 0.5) is 4.39 Å². The number of likely N-dealkylation sites (tertiary alicyclic amines) is 1. The zero-order chi connectivity index (χ0) is 14.5. The molecule has 0 radical (unpaired) electrons. The summed E-state index contributed by atoms with van der Waals surface area (Å²) in [5.41, 5.74) is 1.04. The number of esters is 1. The number of rotatable bonds is 4. The molecule has 0 aliphatic carbocycles. The summed E-state index contributed by atoms with van der Waals surface area (Å²) in [6, 6.07) is 5.05. The van der Waals surface area contributed by atoms with Crippen molar-refractivity contribution < 1.29 is 13.9 Å². The molecule has 5 heteroatoms. The molecule has 1 aliphatic rings. The molecule has 1 heterocycles. The number of ether oxygens (including phenoxy) is 1. The molecule has 1 unspecified atom stereocenters. The van der Waals surface area contributed by atoms with Gasteiger partial charge in [0, 0.05) is 13.1 Å². The van der Waals surface area contributed by atoms with E-state index in [4.69, 9.17) is 4.74 Å². The number of carbonyl (C=O) groups excluding carboxylic acids is 1. The highest BCUT2D eigenvalue weighted by Crippen LogP contribution is 2.22. The molecule has 3 nitrogen and oxygen atoms in total. The molecule has 1 aromatic rings. The van der Waals surface area contributed by atoms with E-state index in [-0.39, 0.29) is 17.7 Å². The van der Waals surface area contributed by atoms with E-state index in [9.17, 15) is 9.18 Å². The maximum atomic E-state index is 13.2. The molecule has 2 rings (SSSR count). The highest BCUT2D eigenvalue weighted by atomic mass is 79.9. The molecule has 0 amide bonds. The van der Waals surface area contributed by atoms with Crippen LogP contribution in [0, 0.1) is 11.7 Å². The number of hydrogen-bond donors (Lipinski definition) is 0. The molecule has 0 spiro atoms. The second-order valence-electron chi connectivity index (χ2n) is 5.07. The Labute approximate surface area is 127 Å². The average molecular weight is 344 g/mol. The normalized spacial score (nSPS) is 19.9. The molecule has 1 saturated heterocycles. The van der Waals surface area contributed by atoms with Crippen molar-refractivity contribution in [1.82, 2.24) is 4.90 Å². The van der Waals surface area contributed by atoms with E-state index in [1.54, 1.807) is 12.1 Å². The smallest absolute Gasteiger partial charge is 0.310 e. The van der Waals surface area contributed by atoms with E-state index in [0.29, 0.717) is 17.6 Å². The fourth-order valence-corrected chi connectivity index (χ4v) is 2.97. The number of carbonyl (C=O) groups is 1. The number of benzene rings is 1. The fourth-order valence-electron chi connectivity index (χ4n) is 2.55. The summed E-state index contributed by atoms with van der Waals surface area (Å²) in [4.78, 5) is 14.0. The quantitative estimate of drug-likeness (QED) is 0.785. The van der Waals surface area contributed by atoms with Crippen molar-refractivity contribution in [3.63, 3.8) is 0 Å². The van der Waals surface area contributed by atoms with Crippen LogP contribution < -0.4 is 0 Å². The molecule has 0 bridgehead atoms. The molecule has 1 fully saturated rings. The SMILES string of the molecule is CCOC(=O)C1CCCN(Cc2ccc(F)c(Br)c2)C1. The van der Waals surface area contributed by atoms with Gasteiger partial charge in [-0.15, -0.1) is 0 Å². The van der Waals surface area contributed by atoms with Gasteiger partial charge >= 0.3 is 5.97 Å². The van der Waals surface area contributed by atoms with Gasteiger partial charge in [0.15, 0.2) is 0 Å². The largest absolute Gasteiger partial charge is 0.466 e. The summed E-state index contributed by atoms with van der Waals surface area (Å²) in [6.07, 6.45) is 1.88. The van der Waals surface area contributed by atoms with Crippen LogP contribution in [0.25, 0.3) is 0 Å². The van der Waals surface area contributed by atoms with Crippen molar-refractivity contribution in [3.05, 3.63) is 34.1 Å². The van der Waals surface area contributed by atoms with Crippen LogP contribution in [-0.4, -0.2) is 30.6 Å². The third kappa shape index (κ3) is 4.03. The van der Waals surface area contributed by atoms with E-state index in [0.717, 1.165) is 31.5 Å². The minimum absolute atomic E-state index is 0.0346. The summed E-state index contributed by atoms with van der Waals surface area (Å²) in [7, 11) is 0. The van der Waals surface area contributed by atoms with Crippen LogP contribution in [0.3, 0.4) is 0 Å². The molecule has 0 aromatic heterocycles. The second kappa shape index (κ2) is 7.18. The van der Waals surface area contributed by atoms with E-state index < -0.39 is 0 Å². The van der Waals surface area contributed by atoms with Gasteiger partial charge < -0.3 is 4.74 Å². The van der Waals surface area contributed by atoms with Gasteiger partial charge in [-0.2, -0.15) is 0 Å². The molecule has 110 valence electrons. The maximum Gasteiger partial charge on any atom is 0.310 e. The van der Waals surface area contributed by atoms with Gasteiger partial charge in [0.2, 0.25) is 0 Å². The Bertz CT molecular complexity index is 481. The number of halogens is 2. The fraction of sp³-hybridized carbons (Fsp3) is 0.533. The molecule has 1 atom stereocenters. The van der Waals surface area contributed by atoms with Crippen LogP contribution in [0.2, 0.25) is 0 Å². The second-order valence-corrected chi connectivity index (χ2v) is 5.93. The monoisotopic (exact) mass is 343 g/mol. The Hall–Kier alpha value is -0.940. The third-order valence-electron chi connectivity index (χ3n) is 3.52. The minimum atomic E-state index is -0.253. The van der Waals surface area contributed by atoms with Gasteiger partial charge in [-0.3, -0.25) is 9.69 Å². The molecule has 20 heavy (non-hydrogen) atoms. The van der Waals surface area contributed by atoms with Crippen LogP contribution in [0.15, 0.2) is 22.7 Å². The molecular formula is C15H19BrFNO2. The summed E-state index contributed by atoms with van der Waals surface area (Å²) in [5, 5.41) is 0. The van der Waals surface area contributed by atoms with Crippen LogP contribution in [0.1, 0.15) is 25.3 Å². The highest BCUT2D eigenvalue weighted by Gasteiger charge is 2.26. The predicted molar refractivity (Wildman–Crippen MR) is 78.7 cm³/mol. The Morgan fingerprint density at radius 3 is 3.05 bits per heavy atom. The van der Waals surface area contributed by atoms with Gasteiger partial charge in [-0.05, 0) is 59.9 Å². The summed E-state index contributed by atoms with van der Waals surface area (Å²) in [5.74, 6) is -0.387. The number of nitrogens with zero attached hydrogens (tertiary/aromatic N) is 1. The van der Waals surface area contributed by atoms with Gasteiger partial charge in [0.05, 0.1) is 17.0 Å². The van der Waals surface area contributed by atoms with E-state index in [2.05, 4.69) is 20.8 Å². The lowest BCUT2D eigenvalue weighted by molar-refractivity contribution is -0.150. The number of piperidine rings is 1. The molecule has 0 N–H and O–H groups in total. The van der Waals surface area contributed by atoms with Crippen molar-refractivity contribution in [3.8, 4) is 0 Å². The summed E-state index contributed by atoms with van der Waals surface area (Å²) >= 11 is 3.20. The lowest BCUT2D eigenvalue weighted by Gasteiger charge is -2.31. The van der Waals surface area contributed by atoms with Crippen molar-refractivity contribution in [1.29, 1.82) is 0 Å². The van der Waals surface area contributed by atoms with Crippen molar-refractivity contribution in [2.45, 2.75) is 26.3 Å². The summed E-state index contributed by atoms with van der Waals surface area (Å²) < 4.78 is 18.8. The predicted octanol–water partition coefficient (Wildman–Crippen LogP) is 3.36. The molecule has 0 saturated carbocycles. The first-order valence-electron chi connectivity index (χ1n) is 6.93. The van der Waals surface area contributed by atoms with Crippen molar-refractivity contribution >= 4 is 21.9 Å². The summed E-state index contributed by atoms with van der Waals surface area (Å²) in [6.45, 7) is 4.67. The van der Waals surface area contributed by atoms with Gasteiger partial charge in [-0.25, -0.2) is 4.39 Å². The minimum Gasteiger partial charge on any atom is -0.466 e. The Balaban J connectivity index is 1.95. The molecular weight excluding hydrogens is 325 g/mol. The first kappa shape index (κ1) is 15.4. The lowest BCUT2D eigenvalue weighted by atomic mass is 9.98. The Kier molecular flexibility index (Phi) is 5.54. The van der Waals surface area contributed by atoms with E-state index >= 15 is 0 Å². The topological polar surface area (TPSA) is 29.5 Å². The molecule has 1 aromatic carbocycles. The first-order valence-corrected chi connectivity index (χ1v) is 7.72. The van der Waals surface area contributed by atoms with E-state index in [1.165, 1.54) is 6.07 Å². The molecule has 1 aliphatic heterocycles.